The third-order valence-corrected chi connectivity index (χ3v) is 3.23. The molecule has 1 heterocycles. The molecule has 0 fully saturated rings. The zero-order chi connectivity index (χ0) is 15.4. The fourth-order valence-electron chi connectivity index (χ4n) is 2.14. The molecule has 1 aromatic carbocycles. The minimum absolute atomic E-state index is 0.156. The van der Waals surface area contributed by atoms with Crippen molar-refractivity contribution in [1.82, 2.24) is 10.3 Å². The van der Waals surface area contributed by atoms with Crippen LogP contribution in [0.5, 0.6) is 0 Å². The van der Waals surface area contributed by atoms with Gasteiger partial charge in [0.05, 0.1) is 6.42 Å². The van der Waals surface area contributed by atoms with Gasteiger partial charge in [0, 0.05) is 17.8 Å². The predicted octanol–water partition coefficient (Wildman–Crippen LogP) is 1.99. The summed E-state index contributed by atoms with van der Waals surface area (Å²) < 4.78 is 12.8. The van der Waals surface area contributed by atoms with Crippen LogP contribution in [0, 0.1) is 19.7 Å². The molecular formula is C16H17FN2O2. The maximum atomic E-state index is 12.8. The van der Waals surface area contributed by atoms with E-state index < -0.39 is 0 Å². The van der Waals surface area contributed by atoms with E-state index in [9.17, 15) is 14.0 Å². The lowest BCUT2D eigenvalue weighted by Gasteiger charge is -2.08. The first-order valence-corrected chi connectivity index (χ1v) is 6.66. The smallest absolute Gasteiger partial charge is 0.253 e. The minimum Gasteiger partial charge on any atom is -0.352 e. The second-order valence-electron chi connectivity index (χ2n) is 5.02. The van der Waals surface area contributed by atoms with Crippen molar-refractivity contribution in [2.45, 2.75) is 26.8 Å². The minimum atomic E-state index is -0.332. The van der Waals surface area contributed by atoms with Crippen LogP contribution in [0.25, 0.3) is 0 Å². The lowest BCUT2D eigenvalue weighted by Crippen LogP contribution is -2.29. The van der Waals surface area contributed by atoms with Crippen molar-refractivity contribution in [2.75, 3.05) is 0 Å². The van der Waals surface area contributed by atoms with Gasteiger partial charge in [-0.15, -0.1) is 0 Å². The maximum absolute atomic E-state index is 12.8. The van der Waals surface area contributed by atoms with E-state index in [0.717, 1.165) is 16.8 Å². The number of carbonyl (C=O) groups excluding carboxylic acids is 1. The van der Waals surface area contributed by atoms with Gasteiger partial charge in [-0.1, -0.05) is 12.1 Å². The monoisotopic (exact) mass is 288 g/mol. The summed E-state index contributed by atoms with van der Waals surface area (Å²) in [6, 6.07) is 7.63. The van der Waals surface area contributed by atoms with E-state index in [4.69, 9.17) is 0 Å². The Kier molecular flexibility index (Phi) is 4.52. The molecule has 4 nitrogen and oxygen atoms in total. The number of carbonyl (C=O) groups is 1. The molecule has 0 atom stereocenters. The lowest BCUT2D eigenvalue weighted by atomic mass is 10.1. The Morgan fingerprint density at radius 1 is 1.24 bits per heavy atom. The Balaban J connectivity index is 1.98. The van der Waals surface area contributed by atoms with Gasteiger partial charge < -0.3 is 10.3 Å². The summed E-state index contributed by atoms with van der Waals surface area (Å²) in [4.78, 5) is 26.4. The van der Waals surface area contributed by atoms with Gasteiger partial charge >= 0.3 is 0 Å². The van der Waals surface area contributed by atoms with Crippen molar-refractivity contribution >= 4 is 5.91 Å². The number of amides is 1. The van der Waals surface area contributed by atoms with Crippen LogP contribution in [0.1, 0.15) is 22.4 Å². The largest absolute Gasteiger partial charge is 0.352 e. The van der Waals surface area contributed by atoms with E-state index in [0.29, 0.717) is 5.56 Å². The zero-order valence-electron chi connectivity index (χ0n) is 12.0. The Morgan fingerprint density at radius 2 is 1.90 bits per heavy atom. The fourth-order valence-corrected chi connectivity index (χ4v) is 2.14. The average Bonchev–Trinajstić information content (AvgIpc) is 2.40. The highest BCUT2D eigenvalue weighted by Gasteiger charge is 2.08. The van der Waals surface area contributed by atoms with E-state index in [2.05, 4.69) is 10.3 Å². The molecule has 0 aliphatic carbocycles. The second-order valence-corrected chi connectivity index (χ2v) is 5.02. The SMILES string of the molecule is Cc1cc(C)c(CNC(=O)Cc2ccc(F)cc2)c(=O)[nH]1. The van der Waals surface area contributed by atoms with Gasteiger partial charge in [0.15, 0.2) is 0 Å². The molecule has 110 valence electrons. The highest BCUT2D eigenvalue weighted by Crippen LogP contribution is 2.05. The highest BCUT2D eigenvalue weighted by atomic mass is 19.1. The van der Waals surface area contributed by atoms with E-state index in [1.54, 1.807) is 12.1 Å². The van der Waals surface area contributed by atoms with Crippen molar-refractivity contribution in [3.63, 3.8) is 0 Å². The number of nitrogens with one attached hydrogen (secondary N) is 2. The van der Waals surface area contributed by atoms with E-state index in [1.165, 1.54) is 12.1 Å². The van der Waals surface area contributed by atoms with Gasteiger partial charge in [-0.2, -0.15) is 0 Å². The molecule has 2 aromatic rings. The quantitative estimate of drug-likeness (QED) is 0.903. The van der Waals surface area contributed by atoms with Gasteiger partial charge in [-0.3, -0.25) is 9.59 Å². The number of halogens is 1. The predicted molar refractivity (Wildman–Crippen MR) is 78.5 cm³/mol. The molecule has 5 heteroatoms. The van der Waals surface area contributed by atoms with Crippen molar-refractivity contribution in [1.29, 1.82) is 0 Å². The molecule has 1 aromatic heterocycles. The topological polar surface area (TPSA) is 62.0 Å². The number of aromatic amines is 1. The van der Waals surface area contributed by atoms with Crippen molar-refractivity contribution in [3.8, 4) is 0 Å². The van der Waals surface area contributed by atoms with Gasteiger partial charge in [0.25, 0.3) is 5.56 Å². The van der Waals surface area contributed by atoms with Gasteiger partial charge in [0.1, 0.15) is 5.82 Å². The van der Waals surface area contributed by atoms with Gasteiger partial charge in [0.2, 0.25) is 5.91 Å². The molecule has 0 unspecified atom stereocenters. The fraction of sp³-hybridized carbons (Fsp3) is 0.250. The third kappa shape index (κ3) is 4.02. The lowest BCUT2D eigenvalue weighted by molar-refractivity contribution is -0.120. The Morgan fingerprint density at radius 3 is 2.52 bits per heavy atom. The molecule has 0 saturated carbocycles. The number of rotatable bonds is 4. The molecule has 0 spiro atoms. The van der Waals surface area contributed by atoms with E-state index in [1.807, 2.05) is 19.9 Å². The molecule has 21 heavy (non-hydrogen) atoms. The molecule has 1 amide bonds. The van der Waals surface area contributed by atoms with Crippen LogP contribution in [0.4, 0.5) is 4.39 Å². The van der Waals surface area contributed by atoms with Crippen LogP contribution in [0.2, 0.25) is 0 Å². The molecule has 2 rings (SSSR count). The van der Waals surface area contributed by atoms with Crippen LogP contribution < -0.4 is 10.9 Å². The van der Waals surface area contributed by atoms with Crippen molar-refractivity contribution in [3.05, 3.63) is 68.9 Å². The zero-order valence-corrected chi connectivity index (χ0v) is 12.0. The van der Waals surface area contributed by atoms with Crippen molar-refractivity contribution < 1.29 is 9.18 Å². The maximum Gasteiger partial charge on any atom is 0.253 e. The third-order valence-electron chi connectivity index (χ3n) is 3.23. The van der Waals surface area contributed by atoms with Crippen LogP contribution >= 0.6 is 0 Å². The van der Waals surface area contributed by atoms with Crippen LogP contribution in [-0.4, -0.2) is 10.9 Å². The first-order valence-electron chi connectivity index (χ1n) is 6.66. The molecule has 2 N–H and O–H groups in total. The summed E-state index contributed by atoms with van der Waals surface area (Å²) >= 11 is 0. The Hall–Kier alpha value is -2.43. The summed E-state index contributed by atoms with van der Waals surface area (Å²) in [6.45, 7) is 3.83. The number of hydrogen-bond acceptors (Lipinski definition) is 2. The number of benzene rings is 1. The first-order chi connectivity index (χ1) is 9.95. The summed E-state index contributed by atoms with van der Waals surface area (Å²) in [5.41, 5.74) is 2.73. The van der Waals surface area contributed by atoms with Gasteiger partial charge in [-0.05, 0) is 43.2 Å². The summed E-state index contributed by atoms with van der Waals surface area (Å²) in [5.74, 6) is -0.540. The average molecular weight is 288 g/mol. The number of pyridine rings is 1. The van der Waals surface area contributed by atoms with Crippen LogP contribution in [-0.2, 0) is 17.8 Å². The van der Waals surface area contributed by atoms with E-state index >= 15 is 0 Å². The van der Waals surface area contributed by atoms with Gasteiger partial charge in [-0.25, -0.2) is 4.39 Å². The van der Waals surface area contributed by atoms with Crippen LogP contribution in [0.3, 0.4) is 0 Å². The number of aromatic nitrogens is 1. The van der Waals surface area contributed by atoms with Crippen molar-refractivity contribution in [2.24, 2.45) is 0 Å². The standard InChI is InChI=1S/C16H17FN2O2/c1-10-7-11(2)19-16(21)14(10)9-18-15(20)8-12-3-5-13(17)6-4-12/h3-7H,8-9H2,1-2H3,(H,18,20)(H,19,21). The molecule has 0 bridgehead atoms. The number of aryl methyl sites for hydroxylation is 2. The number of H-pyrrole nitrogens is 1. The van der Waals surface area contributed by atoms with E-state index in [-0.39, 0.29) is 30.2 Å². The molecule has 0 saturated heterocycles. The Labute approximate surface area is 122 Å². The number of hydrogen-bond donors (Lipinski definition) is 2. The summed E-state index contributed by atoms with van der Waals surface area (Å²) in [7, 11) is 0. The molecule has 0 radical (unpaired) electrons. The molecule has 0 aliphatic heterocycles. The first kappa shape index (κ1) is 15.0. The second kappa shape index (κ2) is 6.35. The molecule has 0 aliphatic rings. The summed E-state index contributed by atoms with van der Waals surface area (Å²) in [5, 5.41) is 2.71. The Bertz CT molecular complexity index is 705. The molecular weight excluding hydrogens is 271 g/mol. The van der Waals surface area contributed by atoms with Crippen LogP contribution in [0.15, 0.2) is 35.1 Å². The summed E-state index contributed by atoms with van der Waals surface area (Å²) in [6.07, 6.45) is 0.156. The normalized spacial score (nSPS) is 10.4. The highest BCUT2D eigenvalue weighted by molar-refractivity contribution is 5.78.